The van der Waals surface area contributed by atoms with Crippen molar-refractivity contribution >= 4 is 14.9 Å². The molecule has 0 aromatic heterocycles. The minimum absolute atomic E-state index is 0.597. The molecule has 0 aromatic carbocycles. The smallest absolute Gasteiger partial charge is 0.306 e. The number of rotatable bonds is 32. The summed E-state index contributed by atoms with van der Waals surface area (Å²) in [6, 6.07) is 0. The molecular formula is C34H73O3P2+. The second-order valence-corrected chi connectivity index (χ2v) is 20.0. The molecule has 5 heteroatoms. The molecule has 0 radical (unpaired) electrons. The van der Waals surface area contributed by atoms with E-state index in [1.165, 1.54) is 147 Å². The summed E-state index contributed by atoms with van der Waals surface area (Å²) in [4.78, 5) is 0. The molecule has 0 aliphatic heterocycles. The van der Waals surface area contributed by atoms with Crippen LogP contribution in [0, 0.1) is 0 Å². The Hall–Kier alpha value is 0.580. The van der Waals surface area contributed by atoms with Gasteiger partial charge in [-0.25, -0.2) is 0 Å². The largest absolute Gasteiger partial charge is 0.367 e. The third kappa shape index (κ3) is 28.5. The van der Waals surface area contributed by atoms with Gasteiger partial charge in [-0.05, 0) is 19.3 Å². The van der Waals surface area contributed by atoms with E-state index in [4.69, 9.17) is 9.05 Å². The van der Waals surface area contributed by atoms with Crippen molar-refractivity contribution in [2.75, 3.05) is 38.6 Å². The normalized spacial score (nSPS) is 12.4. The highest BCUT2D eigenvalue weighted by atomic mass is 31.2. The highest BCUT2D eigenvalue weighted by molar-refractivity contribution is 7.83. The Morgan fingerprint density at radius 3 is 1.00 bits per heavy atom. The standard InChI is InChI=1S/C34H73O3P2/c1-6-9-11-13-15-17-19-21-23-25-27-29-31-36-39(35,34-38(4,5)33-8-3)37-32-30-28-26-24-22-20-18-16-14-12-10-7-2/h6-34H2,1-5H3/q+1. The minimum atomic E-state index is -2.99. The molecule has 0 aliphatic rings. The summed E-state index contributed by atoms with van der Waals surface area (Å²) in [5.74, 6) is 0.657. The topological polar surface area (TPSA) is 35.5 Å². The van der Waals surface area contributed by atoms with E-state index in [0.29, 0.717) is 19.1 Å². The molecule has 0 saturated carbocycles. The predicted molar refractivity (Wildman–Crippen MR) is 180 cm³/mol. The van der Waals surface area contributed by atoms with Crippen molar-refractivity contribution in [1.29, 1.82) is 0 Å². The molecule has 0 fully saturated rings. The van der Waals surface area contributed by atoms with E-state index in [2.05, 4.69) is 34.1 Å². The lowest BCUT2D eigenvalue weighted by molar-refractivity contribution is 0.200. The monoisotopic (exact) mass is 592 g/mol. The van der Waals surface area contributed by atoms with Crippen LogP contribution < -0.4 is 0 Å². The van der Waals surface area contributed by atoms with Gasteiger partial charge in [0.2, 0.25) is 0 Å². The molecule has 0 heterocycles. The second-order valence-electron chi connectivity index (χ2n) is 12.9. The fourth-order valence-corrected chi connectivity index (χ4v) is 12.6. The molecule has 0 amide bonds. The summed E-state index contributed by atoms with van der Waals surface area (Å²) < 4.78 is 25.8. The first-order valence-corrected chi connectivity index (χ1v) is 22.4. The van der Waals surface area contributed by atoms with E-state index >= 15 is 0 Å². The zero-order chi connectivity index (χ0) is 28.9. The lowest BCUT2D eigenvalue weighted by Crippen LogP contribution is -2.08. The maximum atomic E-state index is 13.7. The van der Waals surface area contributed by atoms with Gasteiger partial charge in [0.05, 0.1) is 19.4 Å². The van der Waals surface area contributed by atoms with Crippen LogP contribution in [0.5, 0.6) is 0 Å². The molecule has 3 nitrogen and oxygen atoms in total. The summed E-state index contributed by atoms with van der Waals surface area (Å²) in [7, 11) is -4.24. The van der Waals surface area contributed by atoms with Crippen molar-refractivity contribution in [3.63, 3.8) is 0 Å². The first kappa shape index (κ1) is 39.6. The third-order valence-electron chi connectivity index (χ3n) is 7.96. The van der Waals surface area contributed by atoms with Crippen molar-refractivity contribution in [1.82, 2.24) is 0 Å². The molecule has 0 unspecified atom stereocenters. The maximum Gasteiger partial charge on any atom is 0.367 e. The number of hydrogen-bond donors (Lipinski definition) is 0. The first-order valence-electron chi connectivity index (χ1n) is 17.6. The van der Waals surface area contributed by atoms with Gasteiger partial charge in [0.15, 0.2) is 5.90 Å². The predicted octanol–water partition coefficient (Wildman–Crippen LogP) is 13.3. The summed E-state index contributed by atoms with van der Waals surface area (Å²) >= 11 is 0. The molecule has 0 aliphatic carbocycles. The Morgan fingerprint density at radius 1 is 0.436 bits per heavy atom. The van der Waals surface area contributed by atoms with Gasteiger partial charge in [0.25, 0.3) is 0 Å². The van der Waals surface area contributed by atoms with Gasteiger partial charge >= 0.3 is 7.60 Å². The molecular weight excluding hydrogens is 518 g/mol. The molecule has 0 bridgehead atoms. The van der Waals surface area contributed by atoms with Crippen molar-refractivity contribution in [3.05, 3.63) is 0 Å². The lowest BCUT2D eigenvalue weighted by Gasteiger charge is -2.24. The Bertz CT molecular complexity index is 505. The third-order valence-corrected chi connectivity index (χ3v) is 15.2. The van der Waals surface area contributed by atoms with Crippen LogP contribution in [0.2, 0.25) is 0 Å². The van der Waals surface area contributed by atoms with Gasteiger partial charge in [-0.3, -0.25) is 4.57 Å². The molecule has 39 heavy (non-hydrogen) atoms. The average Bonchev–Trinajstić information content (AvgIpc) is 2.89. The van der Waals surface area contributed by atoms with Crippen LogP contribution in [0.25, 0.3) is 0 Å². The molecule has 0 aromatic rings. The summed E-state index contributed by atoms with van der Waals surface area (Å²) in [6.07, 6.45) is 34.2. The summed E-state index contributed by atoms with van der Waals surface area (Å²) in [6.45, 7) is 12.6. The van der Waals surface area contributed by atoms with Gasteiger partial charge in [-0.15, -0.1) is 0 Å². The van der Waals surface area contributed by atoms with Crippen LogP contribution in [0.15, 0.2) is 0 Å². The van der Waals surface area contributed by atoms with Gasteiger partial charge < -0.3 is 9.05 Å². The summed E-state index contributed by atoms with van der Waals surface area (Å²) in [5, 5.41) is 0. The maximum absolute atomic E-state index is 13.7. The number of hydrogen-bond acceptors (Lipinski definition) is 3. The quantitative estimate of drug-likeness (QED) is 0.0576. The summed E-state index contributed by atoms with van der Waals surface area (Å²) in [5.41, 5.74) is 0. The second kappa shape index (κ2) is 28.7. The van der Waals surface area contributed by atoms with Gasteiger partial charge in [-0.1, -0.05) is 162 Å². The number of unbranched alkanes of at least 4 members (excludes halogenated alkanes) is 22. The highest BCUT2D eigenvalue weighted by Crippen LogP contribution is 2.66. The Morgan fingerprint density at radius 2 is 0.718 bits per heavy atom. The van der Waals surface area contributed by atoms with Crippen molar-refractivity contribution < 1.29 is 13.6 Å². The fourth-order valence-electron chi connectivity index (χ4n) is 5.56. The zero-order valence-electron chi connectivity index (χ0n) is 27.6. The minimum Gasteiger partial charge on any atom is -0.306 e. The van der Waals surface area contributed by atoms with Gasteiger partial charge in [0.1, 0.15) is 0 Å². The van der Waals surface area contributed by atoms with Crippen LogP contribution in [-0.2, 0) is 13.6 Å². The van der Waals surface area contributed by atoms with Crippen molar-refractivity contribution in [2.24, 2.45) is 0 Å². The van der Waals surface area contributed by atoms with E-state index in [1.807, 2.05) is 0 Å². The van der Waals surface area contributed by atoms with Gasteiger partial charge in [-0.2, -0.15) is 0 Å². The molecule has 0 spiro atoms. The SMILES string of the molecule is CCCCCCCCCCCCCCOP(=O)(C[P+](C)(C)CCC)OCCCCCCCCCCCCCC. The Labute approximate surface area is 248 Å². The van der Waals surface area contributed by atoms with E-state index in [9.17, 15) is 4.57 Å². The van der Waals surface area contributed by atoms with Crippen molar-refractivity contribution in [2.45, 2.75) is 181 Å². The zero-order valence-corrected chi connectivity index (χ0v) is 29.4. The molecule has 0 atom stereocenters. The first-order chi connectivity index (χ1) is 18.9. The fraction of sp³-hybridized carbons (Fsp3) is 1.00. The van der Waals surface area contributed by atoms with Crippen LogP contribution in [0.1, 0.15) is 181 Å². The van der Waals surface area contributed by atoms with E-state index in [-0.39, 0.29) is 0 Å². The molecule has 236 valence electrons. The van der Waals surface area contributed by atoms with Gasteiger partial charge in [0, 0.05) is 20.6 Å². The highest BCUT2D eigenvalue weighted by Gasteiger charge is 2.38. The van der Waals surface area contributed by atoms with Crippen molar-refractivity contribution in [3.8, 4) is 0 Å². The van der Waals surface area contributed by atoms with Crippen LogP contribution in [0.3, 0.4) is 0 Å². The molecule has 0 saturated heterocycles. The van der Waals surface area contributed by atoms with E-state index in [1.54, 1.807) is 0 Å². The lowest BCUT2D eigenvalue weighted by atomic mass is 10.1. The van der Waals surface area contributed by atoms with E-state index in [0.717, 1.165) is 19.3 Å². The van der Waals surface area contributed by atoms with Crippen LogP contribution >= 0.6 is 14.9 Å². The van der Waals surface area contributed by atoms with Crippen LogP contribution in [0.4, 0.5) is 0 Å². The van der Waals surface area contributed by atoms with Crippen LogP contribution in [-0.4, -0.2) is 38.6 Å². The Kier molecular flexibility index (Phi) is 29.1. The molecule has 0 N–H and O–H groups in total. The Balaban J connectivity index is 4.01. The molecule has 0 rings (SSSR count). The average molecular weight is 592 g/mol. The van der Waals surface area contributed by atoms with E-state index < -0.39 is 14.9 Å².